The lowest BCUT2D eigenvalue weighted by atomic mass is 10.4. The van der Waals surface area contributed by atoms with Crippen LogP contribution in [0.25, 0.3) is 0 Å². The Kier molecular flexibility index (Phi) is 62.8. The summed E-state index contributed by atoms with van der Waals surface area (Å²) in [6.07, 6.45) is 1.22. The molecule has 114 valence electrons. The molecule has 0 heterocycles. The molecule has 0 amide bonds. The summed E-state index contributed by atoms with van der Waals surface area (Å²) in [5, 5.41) is 6.52. The molecule has 0 radical (unpaired) electrons. The summed E-state index contributed by atoms with van der Waals surface area (Å²) in [5.41, 5.74) is 0. The van der Waals surface area contributed by atoms with Crippen LogP contribution in [0.1, 0.15) is 50.5 Å². The Labute approximate surface area is 113 Å². The van der Waals surface area contributed by atoms with Crippen molar-refractivity contribution in [2.24, 2.45) is 0 Å². The van der Waals surface area contributed by atoms with E-state index in [9.17, 15) is 0 Å². The van der Waals surface area contributed by atoms with E-state index in [1.807, 2.05) is 7.05 Å². The second kappa shape index (κ2) is 29.7. The monoisotopic (exact) mass is 253 g/mol. The number of likely N-dealkylation sites (N-methyl/N-ethyl adjacent to an activating group) is 2. The fourth-order valence-electron chi connectivity index (χ4n) is 0.986. The molecule has 0 spiro atoms. The van der Waals surface area contributed by atoms with Gasteiger partial charge in [-0.3, -0.25) is 0 Å². The van der Waals surface area contributed by atoms with Gasteiger partial charge in [0.25, 0.3) is 0 Å². The second-order valence-corrected chi connectivity index (χ2v) is 3.16. The average Bonchev–Trinajstić information content (AvgIpc) is 2.09. The highest BCUT2D eigenvalue weighted by Gasteiger charge is 1.94. The molecule has 17 heavy (non-hydrogen) atoms. The minimum atomic E-state index is 0. The first-order valence-corrected chi connectivity index (χ1v) is 4.85. The minimum absolute atomic E-state index is 0. The fraction of sp³-hybridized carbons (Fsp3) is 1.00. The van der Waals surface area contributed by atoms with E-state index >= 15 is 0 Å². The van der Waals surface area contributed by atoms with Crippen molar-refractivity contribution < 1.29 is 0 Å². The predicted molar refractivity (Wildman–Crippen MR) is 88.2 cm³/mol. The van der Waals surface area contributed by atoms with Crippen LogP contribution < -0.4 is 10.6 Å². The Bertz CT molecular complexity index is 87.5. The van der Waals surface area contributed by atoms with Crippen LogP contribution in [0.15, 0.2) is 0 Å². The molecule has 0 aromatic heterocycles. The molecule has 0 aliphatic carbocycles. The normalized spacial score (nSPS) is 7.76. The van der Waals surface area contributed by atoms with Gasteiger partial charge in [-0.15, -0.1) is 0 Å². The summed E-state index contributed by atoms with van der Waals surface area (Å²) in [5.74, 6) is 0. The number of nitrogens with zero attached hydrogens (tertiary/aromatic N) is 1. The topological polar surface area (TPSA) is 27.3 Å². The van der Waals surface area contributed by atoms with Crippen LogP contribution in [-0.4, -0.2) is 51.7 Å². The van der Waals surface area contributed by atoms with E-state index in [0.29, 0.717) is 0 Å². The van der Waals surface area contributed by atoms with E-state index in [2.05, 4.69) is 29.5 Å². The van der Waals surface area contributed by atoms with Crippen molar-refractivity contribution in [3.63, 3.8) is 0 Å². The molecule has 0 atom stereocenters. The Balaban J connectivity index is -0.0000000605. The van der Waals surface area contributed by atoms with Crippen molar-refractivity contribution in [3.8, 4) is 0 Å². The summed E-state index contributed by atoms with van der Waals surface area (Å²) in [6.45, 7) is 7.78. The van der Waals surface area contributed by atoms with Gasteiger partial charge in [0.15, 0.2) is 0 Å². The van der Waals surface area contributed by atoms with Crippen molar-refractivity contribution in [2.75, 3.05) is 46.8 Å². The largest absolute Gasteiger partial charge is 0.318 e. The molecule has 0 fully saturated rings. The predicted octanol–water partition coefficient (Wildman–Crippen LogP) is 3.32. The maximum atomic E-state index is 3.38. The molecule has 0 unspecified atom stereocenters. The number of hydrogen-bond donors (Lipinski definition) is 2. The van der Waals surface area contributed by atoms with Crippen LogP contribution in [0, 0.1) is 0 Å². The van der Waals surface area contributed by atoms with Gasteiger partial charge in [0.05, 0.1) is 0 Å². The quantitative estimate of drug-likeness (QED) is 0.650. The third-order valence-electron chi connectivity index (χ3n) is 1.84. The number of rotatable bonds is 8. The summed E-state index contributed by atoms with van der Waals surface area (Å²) in [6, 6.07) is 0. The molecule has 0 aliphatic rings. The third kappa shape index (κ3) is 31.3. The lowest BCUT2D eigenvalue weighted by molar-refractivity contribution is 0.333. The molecule has 2 N–H and O–H groups in total. The molecule has 0 saturated heterocycles. The van der Waals surface area contributed by atoms with E-state index in [4.69, 9.17) is 0 Å². The van der Waals surface area contributed by atoms with Crippen molar-refractivity contribution in [1.29, 1.82) is 0 Å². The molecule has 0 aromatic rings. The Morgan fingerprint density at radius 3 is 1.71 bits per heavy atom. The summed E-state index contributed by atoms with van der Waals surface area (Å²) in [7, 11) is 4.15. The SMILES string of the molecule is C.C.C.C.C.CCCNCCN(C)CCNC. The maximum absolute atomic E-state index is 3.38. The van der Waals surface area contributed by atoms with Gasteiger partial charge in [0, 0.05) is 26.2 Å². The zero-order valence-electron chi connectivity index (χ0n) is 8.69. The van der Waals surface area contributed by atoms with E-state index in [1.165, 1.54) is 6.42 Å². The highest BCUT2D eigenvalue weighted by molar-refractivity contribution is 4.55. The first-order chi connectivity index (χ1) is 5.81. The van der Waals surface area contributed by atoms with Gasteiger partial charge in [-0.2, -0.15) is 0 Å². The first-order valence-electron chi connectivity index (χ1n) is 4.85. The molecular formula is C14H43N3. The van der Waals surface area contributed by atoms with Gasteiger partial charge in [-0.1, -0.05) is 44.1 Å². The standard InChI is InChI=1S/C9H23N3.5CH4/c1-4-5-11-7-9-12(3)8-6-10-2;;;;;/h10-11H,4-9H2,1-3H3;5*1H4. The first kappa shape index (κ1) is 36.0. The average molecular weight is 254 g/mol. The number of nitrogens with one attached hydrogen (secondary N) is 2. The van der Waals surface area contributed by atoms with Crippen LogP contribution in [0.3, 0.4) is 0 Å². The van der Waals surface area contributed by atoms with E-state index < -0.39 is 0 Å². The third-order valence-corrected chi connectivity index (χ3v) is 1.84. The zero-order valence-corrected chi connectivity index (χ0v) is 8.69. The lowest BCUT2D eigenvalue weighted by Gasteiger charge is -2.16. The number of hydrogen-bond acceptors (Lipinski definition) is 3. The van der Waals surface area contributed by atoms with Crippen LogP contribution >= 0.6 is 0 Å². The Morgan fingerprint density at radius 2 is 1.29 bits per heavy atom. The van der Waals surface area contributed by atoms with Gasteiger partial charge in [0.1, 0.15) is 0 Å². The highest BCUT2D eigenvalue weighted by Crippen LogP contribution is 1.78. The van der Waals surface area contributed by atoms with Gasteiger partial charge in [0.2, 0.25) is 0 Å². The zero-order chi connectivity index (χ0) is 9.23. The maximum Gasteiger partial charge on any atom is 0.0104 e. The molecule has 0 rings (SSSR count). The second-order valence-electron chi connectivity index (χ2n) is 3.16. The van der Waals surface area contributed by atoms with Gasteiger partial charge >= 0.3 is 0 Å². The molecule has 3 heteroatoms. The molecule has 0 aromatic carbocycles. The Morgan fingerprint density at radius 1 is 0.824 bits per heavy atom. The van der Waals surface area contributed by atoms with Gasteiger partial charge in [-0.05, 0) is 27.1 Å². The molecule has 0 aliphatic heterocycles. The van der Waals surface area contributed by atoms with Gasteiger partial charge in [-0.25, -0.2) is 0 Å². The lowest BCUT2D eigenvalue weighted by Crippen LogP contribution is -2.33. The highest BCUT2D eigenvalue weighted by atomic mass is 15.1. The molecule has 0 bridgehead atoms. The van der Waals surface area contributed by atoms with Crippen molar-refractivity contribution in [3.05, 3.63) is 0 Å². The van der Waals surface area contributed by atoms with Crippen LogP contribution in [0.2, 0.25) is 0 Å². The summed E-state index contributed by atoms with van der Waals surface area (Å²) in [4.78, 5) is 2.33. The van der Waals surface area contributed by atoms with Crippen molar-refractivity contribution >= 4 is 0 Å². The minimum Gasteiger partial charge on any atom is -0.318 e. The fourth-order valence-corrected chi connectivity index (χ4v) is 0.986. The van der Waals surface area contributed by atoms with Crippen LogP contribution in [0.4, 0.5) is 0 Å². The summed E-state index contributed by atoms with van der Waals surface area (Å²) >= 11 is 0. The molecule has 3 nitrogen and oxygen atoms in total. The van der Waals surface area contributed by atoms with Crippen LogP contribution in [-0.2, 0) is 0 Å². The smallest absolute Gasteiger partial charge is 0.0104 e. The van der Waals surface area contributed by atoms with E-state index in [-0.39, 0.29) is 37.1 Å². The Hall–Kier alpha value is -0.120. The van der Waals surface area contributed by atoms with Crippen molar-refractivity contribution in [2.45, 2.75) is 50.5 Å². The molecular weight excluding hydrogens is 210 g/mol. The van der Waals surface area contributed by atoms with Crippen LogP contribution in [0.5, 0.6) is 0 Å². The van der Waals surface area contributed by atoms with Gasteiger partial charge < -0.3 is 15.5 Å². The van der Waals surface area contributed by atoms with E-state index in [1.54, 1.807) is 0 Å². The van der Waals surface area contributed by atoms with Crippen molar-refractivity contribution in [1.82, 2.24) is 15.5 Å². The summed E-state index contributed by atoms with van der Waals surface area (Å²) < 4.78 is 0. The van der Waals surface area contributed by atoms with E-state index in [0.717, 1.165) is 32.7 Å². The molecule has 0 saturated carbocycles.